The SMILES string of the molecule is CCCNC(CC)CCCc1cccs1. The van der Waals surface area contributed by atoms with Crippen molar-refractivity contribution in [1.29, 1.82) is 0 Å². The minimum Gasteiger partial charge on any atom is -0.314 e. The molecule has 1 N–H and O–H groups in total. The molecule has 1 atom stereocenters. The Morgan fingerprint density at radius 2 is 2.27 bits per heavy atom. The first kappa shape index (κ1) is 12.7. The molecule has 0 aliphatic carbocycles. The zero-order chi connectivity index (χ0) is 10.9. The van der Waals surface area contributed by atoms with Crippen molar-refractivity contribution in [3.05, 3.63) is 22.4 Å². The van der Waals surface area contributed by atoms with Crippen molar-refractivity contribution in [3.8, 4) is 0 Å². The van der Waals surface area contributed by atoms with Crippen LogP contribution in [0.25, 0.3) is 0 Å². The molecule has 1 aromatic heterocycles. The fourth-order valence-corrected chi connectivity index (χ4v) is 2.53. The highest BCUT2D eigenvalue weighted by Crippen LogP contribution is 2.13. The third-order valence-corrected chi connectivity index (χ3v) is 3.67. The number of rotatable bonds is 8. The molecule has 0 spiro atoms. The first-order chi connectivity index (χ1) is 7.36. The van der Waals surface area contributed by atoms with Crippen LogP contribution >= 0.6 is 11.3 Å². The Hall–Kier alpha value is -0.340. The number of nitrogens with one attached hydrogen (secondary N) is 1. The predicted molar refractivity (Wildman–Crippen MR) is 69.6 cm³/mol. The molecule has 1 rings (SSSR count). The quantitative estimate of drug-likeness (QED) is 0.708. The first-order valence-corrected chi connectivity index (χ1v) is 7.00. The van der Waals surface area contributed by atoms with Gasteiger partial charge in [-0.2, -0.15) is 0 Å². The molecular weight excluding hydrogens is 202 g/mol. The lowest BCUT2D eigenvalue weighted by Gasteiger charge is -2.15. The zero-order valence-electron chi connectivity index (χ0n) is 9.96. The van der Waals surface area contributed by atoms with Gasteiger partial charge < -0.3 is 5.32 Å². The average Bonchev–Trinajstić information content (AvgIpc) is 2.76. The van der Waals surface area contributed by atoms with Crippen LogP contribution in [-0.4, -0.2) is 12.6 Å². The van der Waals surface area contributed by atoms with Gasteiger partial charge in [0.1, 0.15) is 0 Å². The van der Waals surface area contributed by atoms with Crippen LogP contribution in [-0.2, 0) is 6.42 Å². The normalized spacial score (nSPS) is 12.9. The standard InChI is InChI=1S/C13H23NS/c1-3-10-14-12(4-2)7-5-8-13-9-6-11-15-13/h6,9,11-12,14H,3-5,7-8,10H2,1-2H3. The number of aryl methyl sites for hydroxylation is 1. The summed E-state index contributed by atoms with van der Waals surface area (Å²) in [7, 11) is 0. The number of hydrogen-bond acceptors (Lipinski definition) is 2. The summed E-state index contributed by atoms with van der Waals surface area (Å²) >= 11 is 1.88. The van der Waals surface area contributed by atoms with E-state index < -0.39 is 0 Å². The van der Waals surface area contributed by atoms with E-state index >= 15 is 0 Å². The van der Waals surface area contributed by atoms with E-state index in [0.717, 1.165) is 12.6 Å². The molecular formula is C13H23NS. The summed E-state index contributed by atoms with van der Waals surface area (Å²) in [5, 5.41) is 5.77. The van der Waals surface area contributed by atoms with Crippen molar-refractivity contribution in [3.63, 3.8) is 0 Å². The van der Waals surface area contributed by atoms with Crippen molar-refractivity contribution in [2.75, 3.05) is 6.54 Å². The van der Waals surface area contributed by atoms with Gasteiger partial charge in [0.2, 0.25) is 0 Å². The summed E-state index contributed by atoms with van der Waals surface area (Å²) in [6.45, 7) is 5.67. The van der Waals surface area contributed by atoms with Crippen LogP contribution in [0.4, 0.5) is 0 Å². The van der Waals surface area contributed by atoms with Crippen molar-refractivity contribution in [1.82, 2.24) is 5.32 Å². The van der Waals surface area contributed by atoms with E-state index in [1.165, 1.54) is 37.0 Å². The Kier molecular flexibility index (Phi) is 6.69. The molecule has 0 aromatic carbocycles. The summed E-state index contributed by atoms with van der Waals surface area (Å²) < 4.78 is 0. The van der Waals surface area contributed by atoms with Crippen LogP contribution in [0.3, 0.4) is 0 Å². The minimum atomic E-state index is 0.727. The van der Waals surface area contributed by atoms with Gasteiger partial charge in [-0.3, -0.25) is 0 Å². The molecule has 0 aliphatic heterocycles. The van der Waals surface area contributed by atoms with Crippen LogP contribution < -0.4 is 5.32 Å². The third kappa shape index (κ3) is 5.33. The second-order valence-corrected chi connectivity index (χ2v) is 5.06. The van der Waals surface area contributed by atoms with Crippen LogP contribution in [0, 0.1) is 0 Å². The topological polar surface area (TPSA) is 12.0 Å². The highest BCUT2D eigenvalue weighted by atomic mass is 32.1. The van der Waals surface area contributed by atoms with E-state index in [9.17, 15) is 0 Å². The van der Waals surface area contributed by atoms with Crippen molar-refractivity contribution in [2.45, 2.75) is 52.0 Å². The largest absolute Gasteiger partial charge is 0.314 e. The third-order valence-electron chi connectivity index (χ3n) is 2.73. The van der Waals surface area contributed by atoms with Crippen LogP contribution in [0.15, 0.2) is 17.5 Å². The lowest BCUT2D eigenvalue weighted by atomic mass is 10.1. The average molecular weight is 225 g/mol. The van der Waals surface area contributed by atoms with Gasteiger partial charge in [0.15, 0.2) is 0 Å². The minimum absolute atomic E-state index is 0.727. The Morgan fingerprint density at radius 3 is 2.87 bits per heavy atom. The molecule has 1 aromatic rings. The van der Waals surface area contributed by atoms with Gasteiger partial charge in [-0.1, -0.05) is 19.9 Å². The summed E-state index contributed by atoms with van der Waals surface area (Å²) in [5.41, 5.74) is 0. The zero-order valence-corrected chi connectivity index (χ0v) is 10.8. The fourth-order valence-electron chi connectivity index (χ4n) is 1.78. The highest BCUT2D eigenvalue weighted by Gasteiger charge is 2.04. The molecule has 86 valence electrons. The Balaban J connectivity index is 2.11. The molecule has 1 nitrogen and oxygen atoms in total. The van der Waals surface area contributed by atoms with Gasteiger partial charge in [-0.15, -0.1) is 11.3 Å². The summed E-state index contributed by atoms with van der Waals surface area (Å²) in [4.78, 5) is 1.53. The van der Waals surface area contributed by atoms with Crippen LogP contribution in [0.2, 0.25) is 0 Å². The Bertz CT molecular complexity index is 231. The second-order valence-electron chi connectivity index (χ2n) is 4.03. The maximum Gasteiger partial charge on any atom is 0.00645 e. The second kappa shape index (κ2) is 7.89. The van der Waals surface area contributed by atoms with Crippen molar-refractivity contribution >= 4 is 11.3 Å². The molecule has 0 bridgehead atoms. The Morgan fingerprint density at radius 1 is 1.40 bits per heavy atom. The van der Waals surface area contributed by atoms with Gasteiger partial charge in [0, 0.05) is 10.9 Å². The number of thiophene rings is 1. The summed E-state index contributed by atoms with van der Waals surface area (Å²) in [6, 6.07) is 5.11. The number of hydrogen-bond donors (Lipinski definition) is 1. The van der Waals surface area contributed by atoms with Gasteiger partial charge in [-0.25, -0.2) is 0 Å². The lowest BCUT2D eigenvalue weighted by Crippen LogP contribution is -2.29. The van der Waals surface area contributed by atoms with Crippen molar-refractivity contribution < 1.29 is 0 Å². The molecule has 0 aliphatic rings. The monoisotopic (exact) mass is 225 g/mol. The first-order valence-electron chi connectivity index (χ1n) is 6.12. The molecule has 0 amide bonds. The highest BCUT2D eigenvalue weighted by molar-refractivity contribution is 7.09. The van der Waals surface area contributed by atoms with Crippen LogP contribution in [0.1, 0.15) is 44.4 Å². The van der Waals surface area contributed by atoms with E-state index in [4.69, 9.17) is 0 Å². The molecule has 1 unspecified atom stereocenters. The molecule has 15 heavy (non-hydrogen) atoms. The molecule has 2 heteroatoms. The molecule has 0 fully saturated rings. The van der Waals surface area contributed by atoms with E-state index in [1.807, 2.05) is 11.3 Å². The summed E-state index contributed by atoms with van der Waals surface area (Å²) in [5.74, 6) is 0. The summed E-state index contributed by atoms with van der Waals surface area (Å²) in [6.07, 6.45) is 6.37. The maximum atomic E-state index is 3.60. The van der Waals surface area contributed by atoms with Gasteiger partial charge in [0.25, 0.3) is 0 Å². The molecule has 0 radical (unpaired) electrons. The van der Waals surface area contributed by atoms with Crippen LogP contribution in [0.5, 0.6) is 0 Å². The molecule has 0 saturated carbocycles. The lowest BCUT2D eigenvalue weighted by molar-refractivity contribution is 0.456. The maximum absolute atomic E-state index is 3.60. The van der Waals surface area contributed by atoms with E-state index in [1.54, 1.807) is 0 Å². The van der Waals surface area contributed by atoms with Gasteiger partial charge >= 0.3 is 0 Å². The van der Waals surface area contributed by atoms with Gasteiger partial charge in [-0.05, 0) is 50.1 Å². The fraction of sp³-hybridized carbons (Fsp3) is 0.692. The van der Waals surface area contributed by atoms with Gasteiger partial charge in [0.05, 0.1) is 0 Å². The molecule has 0 saturated heterocycles. The predicted octanol–water partition coefficient (Wildman–Crippen LogP) is 3.85. The molecule has 1 heterocycles. The van der Waals surface area contributed by atoms with Crippen molar-refractivity contribution in [2.24, 2.45) is 0 Å². The van der Waals surface area contributed by atoms with E-state index in [0.29, 0.717) is 0 Å². The van der Waals surface area contributed by atoms with E-state index in [-0.39, 0.29) is 0 Å². The Labute approximate surface area is 97.9 Å². The smallest absolute Gasteiger partial charge is 0.00645 e. The van der Waals surface area contributed by atoms with E-state index in [2.05, 4.69) is 36.7 Å².